The molecule has 0 saturated heterocycles. The highest BCUT2D eigenvalue weighted by atomic mass is 32.2. The minimum absolute atomic E-state index is 0.0639. The van der Waals surface area contributed by atoms with Crippen LogP contribution in [0.3, 0.4) is 0 Å². The molecule has 0 aliphatic heterocycles. The first-order valence-electron chi connectivity index (χ1n) is 8.96. The average molecular weight is 404 g/mol. The third-order valence-electron chi connectivity index (χ3n) is 4.49. The second kappa shape index (κ2) is 6.85. The van der Waals surface area contributed by atoms with Gasteiger partial charge >= 0.3 is 0 Å². The molecule has 8 heteroatoms. The quantitative estimate of drug-likeness (QED) is 0.661. The van der Waals surface area contributed by atoms with Crippen molar-refractivity contribution in [2.24, 2.45) is 5.92 Å². The maximum atomic E-state index is 12.6. The van der Waals surface area contributed by atoms with E-state index in [4.69, 9.17) is 0 Å². The van der Waals surface area contributed by atoms with Crippen LogP contribution in [0.15, 0.2) is 39.3 Å². The van der Waals surface area contributed by atoms with Gasteiger partial charge in [0.25, 0.3) is 5.56 Å². The van der Waals surface area contributed by atoms with Gasteiger partial charge in [0, 0.05) is 11.6 Å². The van der Waals surface area contributed by atoms with E-state index < -0.39 is 10.0 Å². The van der Waals surface area contributed by atoms with Crippen LogP contribution in [0.5, 0.6) is 0 Å². The van der Waals surface area contributed by atoms with Gasteiger partial charge in [-0.15, -0.1) is 11.3 Å². The van der Waals surface area contributed by atoms with Crippen LogP contribution < -0.4 is 10.3 Å². The number of H-pyrrole nitrogens is 1. The Morgan fingerprint density at radius 1 is 1.26 bits per heavy atom. The number of nitrogens with zero attached hydrogens (tertiary/aromatic N) is 1. The van der Waals surface area contributed by atoms with Gasteiger partial charge in [0.05, 0.1) is 10.3 Å². The van der Waals surface area contributed by atoms with Gasteiger partial charge in [-0.3, -0.25) is 4.79 Å². The van der Waals surface area contributed by atoms with Crippen LogP contribution in [0, 0.1) is 5.92 Å². The zero-order valence-corrected chi connectivity index (χ0v) is 16.8. The van der Waals surface area contributed by atoms with E-state index in [9.17, 15) is 13.2 Å². The summed E-state index contributed by atoms with van der Waals surface area (Å²) < 4.78 is 27.2. The lowest BCUT2D eigenvalue weighted by atomic mass is 10.0. The van der Waals surface area contributed by atoms with E-state index in [-0.39, 0.29) is 16.5 Å². The normalized spacial score (nSPS) is 14.9. The van der Waals surface area contributed by atoms with Crippen LogP contribution >= 0.6 is 11.3 Å². The minimum Gasteiger partial charge on any atom is -0.306 e. The van der Waals surface area contributed by atoms with Crippen molar-refractivity contribution < 1.29 is 8.42 Å². The molecule has 2 heterocycles. The molecule has 1 aliphatic rings. The summed E-state index contributed by atoms with van der Waals surface area (Å²) in [5.41, 5.74) is 1.55. The Balaban J connectivity index is 1.67. The van der Waals surface area contributed by atoms with Gasteiger partial charge in [-0.05, 0) is 60.4 Å². The Hall–Kier alpha value is -2.03. The molecule has 1 saturated carbocycles. The average Bonchev–Trinajstić information content (AvgIpc) is 3.32. The smallest absolute Gasteiger partial charge is 0.260 e. The summed E-state index contributed by atoms with van der Waals surface area (Å²) in [6.45, 7) is 4.24. The number of aromatic nitrogens is 2. The van der Waals surface area contributed by atoms with Crippen molar-refractivity contribution in [3.05, 3.63) is 45.6 Å². The molecular weight excluding hydrogens is 382 g/mol. The van der Waals surface area contributed by atoms with Gasteiger partial charge in [-0.1, -0.05) is 13.8 Å². The van der Waals surface area contributed by atoms with Crippen LogP contribution in [0.25, 0.3) is 21.6 Å². The Kier molecular flexibility index (Phi) is 4.65. The molecule has 27 heavy (non-hydrogen) atoms. The summed E-state index contributed by atoms with van der Waals surface area (Å²) >= 11 is 1.46. The van der Waals surface area contributed by atoms with Crippen molar-refractivity contribution in [2.45, 2.75) is 44.0 Å². The summed E-state index contributed by atoms with van der Waals surface area (Å²) in [4.78, 5) is 20.9. The van der Waals surface area contributed by atoms with Crippen LogP contribution in [0.2, 0.25) is 0 Å². The van der Waals surface area contributed by atoms with Crippen molar-refractivity contribution >= 4 is 31.6 Å². The van der Waals surface area contributed by atoms with Crippen LogP contribution in [-0.2, 0) is 16.4 Å². The monoisotopic (exact) mass is 403 g/mol. The number of sulfonamides is 1. The zero-order chi connectivity index (χ0) is 19.2. The van der Waals surface area contributed by atoms with Crippen molar-refractivity contribution in [2.75, 3.05) is 0 Å². The van der Waals surface area contributed by atoms with Crippen molar-refractivity contribution in [3.63, 3.8) is 0 Å². The number of hydrogen-bond acceptors (Lipinski definition) is 5. The molecule has 1 aliphatic carbocycles. The molecule has 2 aromatic heterocycles. The lowest BCUT2D eigenvalue weighted by molar-refractivity contribution is 0.581. The largest absolute Gasteiger partial charge is 0.306 e. The summed E-state index contributed by atoms with van der Waals surface area (Å²) in [6, 6.07) is 6.50. The Labute approximate surface area is 161 Å². The molecule has 2 N–H and O–H groups in total. The molecule has 3 aromatic rings. The third-order valence-corrected chi connectivity index (χ3v) is 6.94. The highest BCUT2D eigenvalue weighted by Crippen LogP contribution is 2.27. The summed E-state index contributed by atoms with van der Waals surface area (Å²) in [5.74, 6) is 0.908. The summed E-state index contributed by atoms with van der Waals surface area (Å²) in [5, 5.41) is 2.65. The Morgan fingerprint density at radius 2 is 1.96 bits per heavy atom. The van der Waals surface area contributed by atoms with Gasteiger partial charge in [0.15, 0.2) is 0 Å². The van der Waals surface area contributed by atoms with Crippen LogP contribution in [0.1, 0.15) is 32.3 Å². The highest BCUT2D eigenvalue weighted by molar-refractivity contribution is 7.89. The molecule has 0 spiro atoms. The second-order valence-electron chi connectivity index (χ2n) is 7.37. The third kappa shape index (κ3) is 3.83. The fourth-order valence-electron chi connectivity index (χ4n) is 3.01. The maximum absolute atomic E-state index is 12.6. The molecule has 1 aromatic carbocycles. The number of thiophene rings is 1. The molecule has 0 bridgehead atoms. The molecule has 1 fully saturated rings. The molecule has 0 amide bonds. The number of benzene rings is 1. The molecular formula is C19H21N3O3S2. The van der Waals surface area contributed by atoms with E-state index in [0.717, 1.165) is 24.8 Å². The first-order chi connectivity index (χ1) is 12.8. The first-order valence-corrected chi connectivity index (χ1v) is 11.3. The molecule has 6 nitrogen and oxygen atoms in total. The number of rotatable bonds is 6. The molecule has 0 unspecified atom stereocenters. The number of hydrogen-bond donors (Lipinski definition) is 2. The first kappa shape index (κ1) is 18.3. The molecule has 0 atom stereocenters. The summed E-state index contributed by atoms with van der Waals surface area (Å²) in [6.07, 6.45) is 2.62. The van der Waals surface area contributed by atoms with E-state index in [2.05, 4.69) is 28.5 Å². The Bertz CT molecular complexity index is 1140. The van der Waals surface area contributed by atoms with Gasteiger partial charge in [-0.25, -0.2) is 18.1 Å². The standard InChI is InChI=1S/C19H21N3O3S2/c1-11(2)9-13-10-26-19-16(13)18(23)20-17(21-19)12-3-7-15(8-4-12)27(24,25)22-14-5-6-14/h3-4,7-8,10-11,14,22H,5-6,9H2,1-2H3,(H,20,21,23). The van der Waals surface area contributed by atoms with E-state index in [1.807, 2.05) is 5.38 Å². The van der Waals surface area contributed by atoms with Gasteiger partial charge in [0.2, 0.25) is 10.0 Å². The zero-order valence-electron chi connectivity index (χ0n) is 15.2. The topological polar surface area (TPSA) is 91.9 Å². The van der Waals surface area contributed by atoms with E-state index in [1.54, 1.807) is 24.3 Å². The number of aromatic amines is 1. The number of fused-ring (bicyclic) bond motifs is 1. The van der Waals surface area contributed by atoms with Crippen LogP contribution in [0.4, 0.5) is 0 Å². The lowest BCUT2D eigenvalue weighted by Gasteiger charge is -2.07. The van der Waals surface area contributed by atoms with E-state index >= 15 is 0 Å². The van der Waals surface area contributed by atoms with Gasteiger partial charge < -0.3 is 4.98 Å². The predicted octanol–water partition coefficient (Wildman–Crippen LogP) is 3.29. The lowest BCUT2D eigenvalue weighted by Crippen LogP contribution is -2.25. The molecule has 4 rings (SSSR count). The van der Waals surface area contributed by atoms with Crippen molar-refractivity contribution in [3.8, 4) is 11.4 Å². The van der Waals surface area contributed by atoms with Crippen molar-refractivity contribution in [1.82, 2.24) is 14.7 Å². The fourth-order valence-corrected chi connectivity index (χ4v) is 5.27. The van der Waals surface area contributed by atoms with Gasteiger partial charge in [0.1, 0.15) is 10.7 Å². The van der Waals surface area contributed by atoms with Crippen LogP contribution in [-0.4, -0.2) is 24.4 Å². The van der Waals surface area contributed by atoms with Crippen molar-refractivity contribution in [1.29, 1.82) is 0 Å². The predicted molar refractivity (Wildman–Crippen MR) is 108 cm³/mol. The maximum Gasteiger partial charge on any atom is 0.260 e. The SMILES string of the molecule is CC(C)Cc1csc2nc(-c3ccc(S(=O)(=O)NC4CC4)cc3)[nH]c(=O)c12. The second-order valence-corrected chi connectivity index (χ2v) is 9.95. The van der Waals surface area contributed by atoms with E-state index in [0.29, 0.717) is 27.5 Å². The highest BCUT2D eigenvalue weighted by Gasteiger charge is 2.27. The minimum atomic E-state index is -3.49. The van der Waals surface area contributed by atoms with E-state index in [1.165, 1.54) is 11.3 Å². The molecule has 0 radical (unpaired) electrons. The van der Waals surface area contributed by atoms with Gasteiger partial charge in [-0.2, -0.15) is 0 Å². The Morgan fingerprint density at radius 3 is 2.59 bits per heavy atom. The fraction of sp³-hybridized carbons (Fsp3) is 0.368. The molecule has 142 valence electrons. The number of nitrogens with one attached hydrogen (secondary N) is 2. The summed E-state index contributed by atoms with van der Waals surface area (Å²) in [7, 11) is -3.49.